The van der Waals surface area contributed by atoms with Crippen LogP contribution in [0.5, 0.6) is 0 Å². The van der Waals surface area contributed by atoms with E-state index in [-0.39, 0.29) is 22.8 Å². The number of carboxylic acids is 1. The quantitative estimate of drug-likeness (QED) is 0.836. The van der Waals surface area contributed by atoms with Crippen LogP contribution < -0.4 is 0 Å². The van der Waals surface area contributed by atoms with Crippen LogP contribution in [0.1, 0.15) is 39.1 Å². The fourth-order valence-corrected chi connectivity index (χ4v) is 3.72. The lowest BCUT2D eigenvalue weighted by Crippen LogP contribution is -2.48. The molecule has 10 heteroatoms. The Morgan fingerprint density at radius 3 is 2.50 bits per heavy atom. The molecule has 1 unspecified atom stereocenters. The second kappa shape index (κ2) is 8.07. The zero-order valence-electron chi connectivity index (χ0n) is 14.1. The number of hydrogen-bond donors (Lipinski definition) is 1. The van der Waals surface area contributed by atoms with Crippen LogP contribution in [-0.4, -0.2) is 65.0 Å². The first kappa shape index (κ1) is 20.2. The molecule has 1 aromatic rings. The maximum absolute atomic E-state index is 12.6. The van der Waals surface area contributed by atoms with Crippen molar-refractivity contribution in [3.63, 3.8) is 0 Å². The van der Waals surface area contributed by atoms with Crippen molar-refractivity contribution in [2.24, 2.45) is 5.92 Å². The van der Waals surface area contributed by atoms with Gasteiger partial charge in [0, 0.05) is 19.6 Å². The first-order valence-electron chi connectivity index (χ1n) is 8.10. The number of amides is 2. The van der Waals surface area contributed by atoms with Crippen LogP contribution in [0.4, 0.5) is 13.2 Å². The van der Waals surface area contributed by atoms with Crippen LogP contribution >= 0.6 is 11.3 Å². The minimum absolute atomic E-state index is 0.0281. The monoisotopic (exact) mass is 392 g/mol. The van der Waals surface area contributed by atoms with E-state index in [0.29, 0.717) is 19.4 Å². The molecule has 0 saturated carbocycles. The number of thiophene rings is 1. The van der Waals surface area contributed by atoms with Gasteiger partial charge in [-0.15, -0.1) is 11.3 Å². The highest BCUT2D eigenvalue weighted by Gasteiger charge is 2.37. The Labute approximate surface area is 152 Å². The van der Waals surface area contributed by atoms with E-state index < -0.39 is 36.4 Å². The van der Waals surface area contributed by atoms with Gasteiger partial charge in [0.15, 0.2) is 0 Å². The number of likely N-dealkylation sites (tertiary alicyclic amines) is 1. The van der Waals surface area contributed by atoms with Crippen molar-refractivity contribution in [3.05, 3.63) is 21.9 Å². The Morgan fingerprint density at radius 2 is 1.96 bits per heavy atom. The normalized spacial score (nSPS) is 17.8. The van der Waals surface area contributed by atoms with Gasteiger partial charge in [0.25, 0.3) is 5.91 Å². The summed E-state index contributed by atoms with van der Waals surface area (Å²) in [4.78, 5) is 38.3. The summed E-state index contributed by atoms with van der Waals surface area (Å²) in [6.07, 6.45) is -3.55. The van der Waals surface area contributed by atoms with Crippen LogP contribution in [0.3, 0.4) is 0 Å². The van der Waals surface area contributed by atoms with Gasteiger partial charge in [0.05, 0.1) is 10.8 Å². The van der Waals surface area contributed by atoms with E-state index >= 15 is 0 Å². The molecule has 2 amide bonds. The summed E-state index contributed by atoms with van der Waals surface area (Å²) in [5.41, 5.74) is 0. The summed E-state index contributed by atoms with van der Waals surface area (Å²) in [7, 11) is 0. The molecule has 1 N–H and O–H groups in total. The van der Waals surface area contributed by atoms with Gasteiger partial charge in [-0.25, -0.2) is 4.79 Å². The molecule has 0 radical (unpaired) electrons. The van der Waals surface area contributed by atoms with Crippen LogP contribution in [-0.2, 0) is 4.79 Å². The average Bonchev–Trinajstić information content (AvgIpc) is 3.08. The van der Waals surface area contributed by atoms with E-state index in [1.54, 1.807) is 0 Å². The summed E-state index contributed by atoms with van der Waals surface area (Å²) in [5, 5.41) is 8.93. The molecule has 2 rings (SSSR count). The predicted octanol–water partition coefficient (Wildman–Crippen LogP) is 2.71. The zero-order valence-corrected chi connectivity index (χ0v) is 14.9. The van der Waals surface area contributed by atoms with Crippen molar-refractivity contribution in [2.75, 3.05) is 26.2 Å². The summed E-state index contributed by atoms with van der Waals surface area (Å²) in [6.45, 7) is 0.532. The van der Waals surface area contributed by atoms with Crippen molar-refractivity contribution in [3.8, 4) is 0 Å². The SMILES string of the molecule is CCN(CC(F)(F)F)C(=O)C1CCCN(C(=O)c2ccc(C(=O)O)s2)C1. The van der Waals surface area contributed by atoms with E-state index in [4.69, 9.17) is 5.11 Å². The molecule has 1 aliphatic rings. The summed E-state index contributed by atoms with van der Waals surface area (Å²) in [6, 6.07) is 2.73. The topological polar surface area (TPSA) is 77.9 Å². The van der Waals surface area contributed by atoms with Crippen molar-refractivity contribution in [1.29, 1.82) is 0 Å². The number of carbonyl (C=O) groups excluding carboxylic acids is 2. The van der Waals surface area contributed by atoms with Crippen molar-refractivity contribution in [1.82, 2.24) is 9.80 Å². The molecular formula is C16H19F3N2O4S. The predicted molar refractivity (Wildman–Crippen MR) is 88.2 cm³/mol. The largest absolute Gasteiger partial charge is 0.477 e. The van der Waals surface area contributed by atoms with Crippen LogP contribution in [0.15, 0.2) is 12.1 Å². The smallest absolute Gasteiger partial charge is 0.406 e. The average molecular weight is 392 g/mol. The number of alkyl halides is 3. The number of carboxylic acid groups (broad SMARTS) is 1. The Morgan fingerprint density at radius 1 is 1.31 bits per heavy atom. The number of rotatable bonds is 5. The lowest BCUT2D eigenvalue weighted by Gasteiger charge is -2.34. The lowest BCUT2D eigenvalue weighted by molar-refractivity contribution is -0.164. The Bertz CT molecular complexity index is 689. The Hall–Kier alpha value is -2.10. The second-order valence-corrected chi connectivity index (χ2v) is 7.11. The molecule has 2 heterocycles. The fraction of sp³-hybridized carbons (Fsp3) is 0.562. The highest BCUT2D eigenvalue weighted by atomic mass is 32.1. The van der Waals surface area contributed by atoms with Gasteiger partial charge in [0.2, 0.25) is 5.91 Å². The van der Waals surface area contributed by atoms with E-state index in [2.05, 4.69) is 0 Å². The third-order valence-corrected chi connectivity index (χ3v) is 5.21. The van der Waals surface area contributed by atoms with Gasteiger partial charge < -0.3 is 14.9 Å². The molecule has 26 heavy (non-hydrogen) atoms. The number of piperidine rings is 1. The highest BCUT2D eigenvalue weighted by Crippen LogP contribution is 2.25. The molecule has 0 bridgehead atoms. The van der Waals surface area contributed by atoms with Gasteiger partial charge in [-0.2, -0.15) is 13.2 Å². The van der Waals surface area contributed by atoms with E-state index in [0.717, 1.165) is 16.2 Å². The highest BCUT2D eigenvalue weighted by molar-refractivity contribution is 7.15. The van der Waals surface area contributed by atoms with Gasteiger partial charge in [-0.3, -0.25) is 9.59 Å². The molecule has 1 saturated heterocycles. The summed E-state index contributed by atoms with van der Waals surface area (Å²) >= 11 is 0.836. The molecule has 1 aliphatic heterocycles. The molecule has 1 fully saturated rings. The molecule has 6 nitrogen and oxygen atoms in total. The third kappa shape index (κ3) is 4.96. The first-order chi connectivity index (χ1) is 12.1. The Kier molecular flexibility index (Phi) is 6.27. The summed E-state index contributed by atoms with van der Waals surface area (Å²) < 4.78 is 37.8. The first-order valence-corrected chi connectivity index (χ1v) is 8.92. The fourth-order valence-electron chi connectivity index (χ4n) is 2.91. The maximum Gasteiger partial charge on any atom is 0.406 e. The molecule has 1 atom stereocenters. The number of halogens is 3. The van der Waals surface area contributed by atoms with Gasteiger partial charge in [-0.05, 0) is 31.9 Å². The molecular weight excluding hydrogens is 373 g/mol. The van der Waals surface area contributed by atoms with Gasteiger partial charge >= 0.3 is 12.1 Å². The molecule has 1 aromatic heterocycles. The number of nitrogens with zero attached hydrogens (tertiary/aromatic N) is 2. The van der Waals surface area contributed by atoms with Gasteiger partial charge in [0.1, 0.15) is 11.4 Å². The van der Waals surface area contributed by atoms with E-state index in [1.807, 2.05) is 0 Å². The Balaban J connectivity index is 2.06. The third-order valence-electron chi connectivity index (χ3n) is 4.15. The number of carbonyl (C=O) groups is 3. The molecule has 0 spiro atoms. The minimum Gasteiger partial charge on any atom is -0.477 e. The molecule has 0 aliphatic carbocycles. The van der Waals surface area contributed by atoms with Crippen LogP contribution in [0.25, 0.3) is 0 Å². The van der Waals surface area contributed by atoms with Crippen LogP contribution in [0, 0.1) is 5.92 Å². The number of hydrogen-bond acceptors (Lipinski definition) is 4. The van der Waals surface area contributed by atoms with Crippen LogP contribution in [0.2, 0.25) is 0 Å². The lowest BCUT2D eigenvalue weighted by atomic mass is 9.96. The van der Waals surface area contributed by atoms with Crippen molar-refractivity contribution in [2.45, 2.75) is 25.9 Å². The van der Waals surface area contributed by atoms with Crippen molar-refractivity contribution < 1.29 is 32.7 Å². The summed E-state index contributed by atoms with van der Waals surface area (Å²) in [5.74, 6) is -2.83. The van der Waals surface area contributed by atoms with Crippen molar-refractivity contribution >= 4 is 29.1 Å². The number of aromatic carboxylic acids is 1. The zero-order chi connectivity index (χ0) is 19.5. The van der Waals surface area contributed by atoms with Gasteiger partial charge in [-0.1, -0.05) is 0 Å². The maximum atomic E-state index is 12.6. The minimum atomic E-state index is -4.47. The molecule has 0 aromatic carbocycles. The molecule has 144 valence electrons. The van der Waals surface area contributed by atoms with E-state index in [9.17, 15) is 27.6 Å². The second-order valence-electron chi connectivity index (χ2n) is 6.03. The van der Waals surface area contributed by atoms with E-state index in [1.165, 1.54) is 24.0 Å². The standard InChI is InChI=1S/C16H19F3N2O4S/c1-2-20(9-16(17,18)19)13(22)10-4-3-7-21(8-10)14(23)11-5-6-12(26-11)15(24)25/h5-6,10H,2-4,7-9H2,1H3,(H,24,25).